The highest BCUT2D eigenvalue weighted by atomic mass is 16.5. The third kappa shape index (κ3) is 4.05. The van der Waals surface area contributed by atoms with Crippen LogP contribution in [0.25, 0.3) is 0 Å². The molecule has 2 rings (SSSR count). The van der Waals surface area contributed by atoms with E-state index in [-0.39, 0.29) is 0 Å². The number of hydrogen-bond donors (Lipinski definition) is 1. The number of methoxy groups -OCH3 is 1. The highest BCUT2D eigenvalue weighted by Gasteiger charge is 2.43. The lowest BCUT2D eigenvalue weighted by Gasteiger charge is -2.22. The molecule has 1 N–H and O–H groups in total. The average molecular weight is 261 g/mol. The highest BCUT2D eigenvalue weighted by Crippen LogP contribution is 2.50. The predicted molar refractivity (Wildman–Crippen MR) is 80.4 cm³/mol. The summed E-state index contributed by atoms with van der Waals surface area (Å²) < 4.78 is 5.27. The van der Waals surface area contributed by atoms with Crippen molar-refractivity contribution in [2.75, 3.05) is 20.3 Å². The van der Waals surface area contributed by atoms with Crippen LogP contribution in [0.2, 0.25) is 0 Å². The maximum Gasteiger partial charge on any atom is 0.0488 e. The monoisotopic (exact) mass is 261 g/mol. The first-order chi connectivity index (χ1) is 9.26. The molecule has 2 heteroatoms. The first-order valence-electron chi connectivity index (χ1n) is 7.53. The van der Waals surface area contributed by atoms with Gasteiger partial charge in [0.1, 0.15) is 0 Å². The summed E-state index contributed by atoms with van der Waals surface area (Å²) in [6, 6.07) is 11.6. The van der Waals surface area contributed by atoms with E-state index in [0.717, 1.165) is 25.0 Å². The Balaban J connectivity index is 1.91. The van der Waals surface area contributed by atoms with E-state index in [1.807, 2.05) is 0 Å². The normalized spacial score (nSPS) is 25.0. The zero-order chi connectivity index (χ0) is 13.7. The molecule has 106 valence electrons. The van der Waals surface area contributed by atoms with Crippen molar-refractivity contribution in [2.45, 2.75) is 38.6 Å². The van der Waals surface area contributed by atoms with Crippen molar-refractivity contribution in [1.82, 2.24) is 5.32 Å². The van der Waals surface area contributed by atoms with Crippen LogP contribution < -0.4 is 5.32 Å². The molecule has 0 aliphatic heterocycles. The lowest BCUT2D eigenvalue weighted by molar-refractivity contribution is 0.147. The third-order valence-electron chi connectivity index (χ3n) is 4.16. The summed E-state index contributed by atoms with van der Waals surface area (Å²) in [5.74, 6) is 2.20. The Morgan fingerprint density at radius 1 is 1.32 bits per heavy atom. The molecule has 19 heavy (non-hydrogen) atoms. The summed E-state index contributed by atoms with van der Waals surface area (Å²) in [4.78, 5) is 0. The molecule has 2 nitrogen and oxygen atoms in total. The molecular formula is C17H27NO. The molecule has 0 bridgehead atoms. The van der Waals surface area contributed by atoms with E-state index in [4.69, 9.17) is 4.74 Å². The molecule has 0 amide bonds. The van der Waals surface area contributed by atoms with Crippen LogP contribution in [-0.4, -0.2) is 26.3 Å². The number of ether oxygens (including phenoxy) is 1. The summed E-state index contributed by atoms with van der Waals surface area (Å²) in [6.45, 7) is 6.41. The van der Waals surface area contributed by atoms with Crippen LogP contribution in [0.15, 0.2) is 30.3 Å². The Hall–Kier alpha value is -0.860. The lowest BCUT2D eigenvalue weighted by Crippen LogP contribution is -2.33. The first-order valence-corrected chi connectivity index (χ1v) is 7.53. The highest BCUT2D eigenvalue weighted by molar-refractivity contribution is 5.26. The van der Waals surface area contributed by atoms with Gasteiger partial charge in [0.25, 0.3) is 0 Å². The van der Waals surface area contributed by atoms with E-state index < -0.39 is 0 Å². The van der Waals surface area contributed by atoms with Crippen molar-refractivity contribution in [2.24, 2.45) is 11.8 Å². The quantitative estimate of drug-likeness (QED) is 0.774. The van der Waals surface area contributed by atoms with Gasteiger partial charge in [0.2, 0.25) is 0 Å². The van der Waals surface area contributed by atoms with Crippen LogP contribution >= 0.6 is 0 Å². The molecule has 1 aromatic carbocycles. The van der Waals surface area contributed by atoms with Crippen LogP contribution in [0.4, 0.5) is 0 Å². The molecule has 4 unspecified atom stereocenters. The summed E-state index contributed by atoms with van der Waals surface area (Å²) in [5.41, 5.74) is 1.51. The Bertz CT molecular complexity index is 365. The van der Waals surface area contributed by atoms with E-state index in [2.05, 4.69) is 49.5 Å². The van der Waals surface area contributed by atoms with Gasteiger partial charge in [0.05, 0.1) is 0 Å². The van der Waals surface area contributed by atoms with Gasteiger partial charge in [0.15, 0.2) is 0 Å². The fourth-order valence-corrected chi connectivity index (χ4v) is 3.20. The van der Waals surface area contributed by atoms with Gasteiger partial charge in [-0.05, 0) is 42.7 Å². The molecular weight excluding hydrogens is 234 g/mol. The first kappa shape index (κ1) is 14.5. The maximum absolute atomic E-state index is 5.27. The van der Waals surface area contributed by atoms with Gasteiger partial charge in [-0.1, -0.05) is 44.2 Å². The van der Waals surface area contributed by atoms with E-state index in [1.54, 1.807) is 7.11 Å². The van der Waals surface area contributed by atoms with E-state index in [1.165, 1.54) is 18.4 Å². The molecule has 1 fully saturated rings. The van der Waals surface area contributed by atoms with E-state index in [0.29, 0.717) is 12.0 Å². The predicted octanol–water partition coefficient (Wildman–Crippen LogP) is 3.44. The molecule has 0 spiro atoms. The second-order valence-corrected chi connectivity index (χ2v) is 5.88. The minimum absolute atomic E-state index is 0.631. The van der Waals surface area contributed by atoms with Crippen LogP contribution in [0.5, 0.6) is 0 Å². The van der Waals surface area contributed by atoms with Gasteiger partial charge < -0.3 is 10.1 Å². The second-order valence-electron chi connectivity index (χ2n) is 5.88. The number of hydrogen-bond acceptors (Lipinski definition) is 2. The topological polar surface area (TPSA) is 21.3 Å². The van der Waals surface area contributed by atoms with Crippen LogP contribution in [0.3, 0.4) is 0 Å². The fourth-order valence-electron chi connectivity index (χ4n) is 3.20. The fraction of sp³-hybridized carbons (Fsp3) is 0.647. The lowest BCUT2D eigenvalue weighted by atomic mass is 9.96. The molecule has 0 aromatic heterocycles. The van der Waals surface area contributed by atoms with Gasteiger partial charge >= 0.3 is 0 Å². The van der Waals surface area contributed by atoms with Crippen LogP contribution in [0, 0.1) is 11.8 Å². The summed E-state index contributed by atoms with van der Waals surface area (Å²) >= 11 is 0. The third-order valence-corrected chi connectivity index (χ3v) is 4.16. The Kier molecular flexibility index (Phi) is 5.41. The smallest absolute Gasteiger partial charge is 0.0488 e. The number of rotatable bonds is 8. The van der Waals surface area contributed by atoms with Crippen molar-refractivity contribution < 1.29 is 4.74 Å². The molecule has 4 atom stereocenters. The zero-order valence-corrected chi connectivity index (χ0v) is 12.4. The molecule has 1 aliphatic rings. The summed E-state index contributed by atoms with van der Waals surface area (Å²) in [5, 5.41) is 3.68. The number of benzene rings is 1. The van der Waals surface area contributed by atoms with Crippen LogP contribution in [0.1, 0.15) is 38.2 Å². The van der Waals surface area contributed by atoms with Gasteiger partial charge in [-0.25, -0.2) is 0 Å². The Morgan fingerprint density at radius 2 is 2.05 bits per heavy atom. The van der Waals surface area contributed by atoms with Gasteiger partial charge in [0, 0.05) is 19.8 Å². The minimum Gasteiger partial charge on any atom is -0.384 e. The zero-order valence-electron chi connectivity index (χ0n) is 12.4. The second kappa shape index (κ2) is 7.06. The van der Waals surface area contributed by atoms with Crippen LogP contribution in [-0.2, 0) is 4.74 Å². The van der Waals surface area contributed by atoms with Crippen molar-refractivity contribution in [3.8, 4) is 0 Å². The molecule has 0 heterocycles. The Labute approximate surface area is 117 Å². The largest absolute Gasteiger partial charge is 0.384 e. The van der Waals surface area contributed by atoms with Gasteiger partial charge in [-0.2, -0.15) is 0 Å². The van der Waals surface area contributed by atoms with Crippen molar-refractivity contribution >= 4 is 0 Å². The standard InChI is InChI=1S/C17H27NO/c1-4-18-17(10-13(2)12-19-3)16-11-15(16)14-8-6-5-7-9-14/h5-9,13,15-18H,4,10-12H2,1-3H3. The summed E-state index contributed by atoms with van der Waals surface area (Å²) in [7, 11) is 1.79. The number of nitrogens with one attached hydrogen (secondary N) is 1. The van der Waals surface area contributed by atoms with Crippen molar-refractivity contribution in [3.63, 3.8) is 0 Å². The molecule has 0 radical (unpaired) electrons. The summed E-state index contributed by atoms with van der Waals surface area (Å²) in [6.07, 6.45) is 2.55. The van der Waals surface area contributed by atoms with Crippen molar-refractivity contribution in [3.05, 3.63) is 35.9 Å². The van der Waals surface area contributed by atoms with Gasteiger partial charge in [-0.15, -0.1) is 0 Å². The Morgan fingerprint density at radius 3 is 2.68 bits per heavy atom. The molecule has 1 aromatic rings. The van der Waals surface area contributed by atoms with Crippen molar-refractivity contribution in [1.29, 1.82) is 0 Å². The maximum atomic E-state index is 5.27. The molecule has 1 aliphatic carbocycles. The van der Waals surface area contributed by atoms with E-state index in [9.17, 15) is 0 Å². The van der Waals surface area contributed by atoms with E-state index >= 15 is 0 Å². The van der Waals surface area contributed by atoms with Gasteiger partial charge in [-0.3, -0.25) is 0 Å². The molecule has 0 saturated heterocycles. The minimum atomic E-state index is 0.631. The average Bonchev–Trinajstić information content (AvgIpc) is 3.20. The molecule has 1 saturated carbocycles. The SMILES string of the molecule is CCNC(CC(C)COC)C1CC1c1ccccc1.